The number of hydrogen-bond acceptors (Lipinski definition) is 12. The number of H-pyrrole nitrogens is 1. The number of esters is 1. The molecule has 14 nitrogen and oxygen atoms in total. The molecule has 1 unspecified atom stereocenters. The summed E-state index contributed by atoms with van der Waals surface area (Å²) in [6.07, 6.45) is -2.42. The molecule has 2 heterocycles. The molecule has 2 aromatic rings. The van der Waals surface area contributed by atoms with E-state index in [1.54, 1.807) is 38.1 Å². The second-order valence-corrected chi connectivity index (χ2v) is 10.4. The zero-order valence-corrected chi connectivity index (χ0v) is 21.7. The van der Waals surface area contributed by atoms with Gasteiger partial charge in [-0.25, -0.2) is 9.36 Å². The van der Waals surface area contributed by atoms with E-state index in [4.69, 9.17) is 23.0 Å². The van der Waals surface area contributed by atoms with E-state index in [0.29, 0.717) is 4.57 Å². The molecule has 0 bridgehead atoms. The van der Waals surface area contributed by atoms with E-state index in [1.807, 2.05) is 4.98 Å². The highest BCUT2D eigenvalue weighted by Gasteiger charge is 2.65. The fourth-order valence-electron chi connectivity index (χ4n) is 3.57. The van der Waals surface area contributed by atoms with Gasteiger partial charge >= 0.3 is 19.5 Å². The predicted molar refractivity (Wildman–Crippen MR) is 129 cm³/mol. The van der Waals surface area contributed by atoms with Crippen molar-refractivity contribution >= 4 is 13.8 Å². The molecule has 38 heavy (non-hydrogen) atoms. The van der Waals surface area contributed by atoms with E-state index in [-0.39, 0.29) is 24.9 Å². The standard InChI is InChI=1S/C23H28N3O11P/c1-15(2)20(29)33-11-12-34-38(32,37-16-7-5-4-6-8-16)35-13-17-19(28)22(3,31)23(14-24,36-17)26-10-9-18(27)25-21(26)30/h4-10,15,17,19,28,31H,11-13H2,1-3H3,(H,25,27,30)/t17-,19-,22-,23-,38?/m1/s1. The van der Waals surface area contributed by atoms with E-state index in [9.17, 15) is 34.4 Å². The molecule has 1 aliphatic rings. The van der Waals surface area contributed by atoms with Gasteiger partial charge in [-0.2, -0.15) is 5.26 Å². The largest absolute Gasteiger partial charge is 0.530 e. The van der Waals surface area contributed by atoms with Crippen molar-refractivity contribution < 1.29 is 42.6 Å². The Bertz CT molecular complexity index is 1330. The number of nitrogens with zero attached hydrogens (tertiary/aromatic N) is 2. The van der Waals surface area contributed by atoms with Crippen LogP contribution < -0.4 is 15.8 Å². The first-order chi connectivity index (χ1) is 17.8. The average molecular weight is 553 g/mol. The van der Waals surface area contributed by atoms with Crippen LogP contribution in [0.3, 0.4) is 0 Å². The molecule has 1 aliphatic heterocycles. The number of hydrogen-bond donors (Lipinski definition) is 3. The van der Waals surface area contributed by atoms with Gasteiger partial charge in [0.05, 0.1) is 19.1 Å². The summed E-state index contributed by atoms with van der Waals surface area (Å²) in [4.78, 5) is 37.5. The Morgan fingerprint density at radius 3 is 2.53 bits per heavy atom. The van der Waals surface area contributed by atoms with E-state index >= 15 is 0 Å². The van der Waals surface area contributed by atoms with Crippen LogP contribution in [0, 0.1) is 17.2 Å². The van der Waals surface area contributed by atoms with Gasteiger partial charge < -0.3 is 24.2 Å². The minimum Gasteiger partial charge on any atom is -0.463 e. The number of para-hydroxylation sites is 1. The van der Waals surface area contributed by atoms with E-state index < -0.39 is 55.2 Å². The Balaban J connectivity index is 1.81. The maximum Gasteiger partial charge on any atom is 0.530 e. The van der Waals surface area contributed by atoms with Crippen molar-refractivity contribution in [3.05, 3.63) is 63.4 Å². The number of aliphatic hydroxyl groups excluding tert-OH is 1. The smallest absolute Gasteiger partial charge is 0.463 e. The average Bonchev–Trinajstić information content (AvgIpc) is 3.06. The third kappa shape index (κ3) is 6.05. The van der Waals surface area contributed by atoms with Crippen molar-refractivity contribution in [1.82, 2.24) is 9.55 Å². The maximum atomic E-state index is 13.4. The fraction of sp³-hybridized carbons (Fsp3) is 0.478. The Morgan fingerprint density at radius 1 is 1.24 bits per heavy atom. The van der Waals surface area contributed by atoms with E-state index in [1.165, 1.54) is 12.1 Å². The first-order valence-electron chi connectivity index (χ1n) is 11.5. The van der Waals surface area contributed by atoms with Crippen molar-refractivity contribution in [2.45, 2.75) is 44.3 Å². The van der Waals surface area contributed by atoms with Crippen molar-refractivity contribution in [1.29, 1.82) is 5.26 Å². The molecule has 3 rings (SSSR count). The first kappa shape index (κ1) is 29.2. The molecule has 0 saturated carbocycles. The van der Waals surface area contributed by atoms with Gasteiger partial charge in [-0.15, -0.1) is 0 Å². The summed E-state index contributed by atoms with van der Waals surface area (Å²) < 4.78 is 40.7. The summed E-state index contributed by atoms with van der Waals surface area (Å²) in [6.45, 7) is 2.97. The molecule has 1 fully saturated rings. The minimum absolute atomic E-state index is 0.112. The number of nitrogens with one attached hydrogen (secondary N) is 1. The lowest BCUT2D eigenvalue weighted by Crippen LogP contribution is -2.58. The van der Waals surface area contributed by atoms with Crippen LogP contribution in [0.5, 0.6) is 5.75 Å². The van der Waals surface area contributed by atoms with Crippen molar-refractivity contribution in [2.75, 3.05) is 19.8 Å². The summed E-state index contributed by atoms with van der Waals surface area (Å²) in [5, 5.41) is 31.7. The Hall–Kier alpha value is -3.31. The highest BCUT2D eigenvalue weighted by Crippen LogP contribution is 2.51. The minimum atomic E-state index is -4.45. The van der Waals surface area contributed by atoms with Crippen LogP contribution in [0.25, 0.3) is 0 Å². The van der Waals surface area contributed by atoms with Crippen LogP contribution in [0.4, 0.5) is 0 Å². The summed E-state index contributed by atoms with van der Waals surface area (Å²) in [6, 6.07) is 10.5. The van der Waals surface area contributed by atoms with E-state index in [0.717, 1.165) is 19.2 Å². The van der Waals surface area contributed by atoms with Gasteiger partial charge in [0.1, 0.15) is 30.6 Å². The van der Waals surface area contributed by atoms with Crippen molar-refractivity contribution in [3.63, 3.8) is 0 Å². The number of carbonyl (C=O) groups excluding carboxylic acids is 1. The summed E-state index contributed by atoms with van der Waals surface area (Å²) in [5.74, 6) is -0.771. The topological polar surface area (TPSA) is 199 Å². The first-order valence-corrected chi connectivity index (χ1v) is 12.9. The normalized spacial score (nSPS) is 26.4. The van der Waals surface area contributed by atoms with Crippen molar-refractivity contribution in [2.24, 2.45) is 5.92 Å². The Morgan fingerprint density at radius 2 is 1.92 bits per heavy atom. The quantitative estimate of drug-likeness (QED) is 0.200. The zero-order chi connectivity index (χ0) is 28.1. The van der Waals surface area contributed by atoms with Crippen LogP contribution in [0.2, 0.25) is 0 Å². The van der Waals surface area contributed by atoms with Gasteiger partial charge in [0.2, 0.25) is 0 Å². The van der Waals surface area contributed by atoms with Crippen molar-refractivity contribution in [3.8, 4) is 11.8 Å². The number of phosphoric acid groups is 1. The van der Waals surface area contributed by atoms with Crippen LogP contribution >= 0.6 is 7.82 Å². The molecule has 0 amide bonds. The number of ether oxygens (including phenoxy) is 2. The molecule has 3 N–H and O–H groups in total. The lowest BCUT2D eigenvalue weighted by atomic mass is 9.88. The van der Waals surface area contributed by atoms with Gasteiger partial charge in [-0.05, 0) is 19.1 Å². The fourth-order valence-corrected chi connectivity index (χ4v) is 4.76. The number of phosphoric ester groups is 1. The third-order valence-corrected chi connectivity index (χ3v) is 7.06. The third-order valence-electron chi connectivity index (χ3n) is 5.66. The molecule has 1 aromatic heterocycles. The lowest BCUT2D eigenvalue weighted by Gasteiger charge is -2.34. The highest BCUT2D eigenvalue weighted by atomic mass is 31.2. The second-order valence-electron chi connectivity index (χ2n) is 8.79. The summed E-state index contributed by atoms with van der Waals surface area (Å²) >= 11 is 0. The number of carbonyl (C=O) groups is 1. The van der Waals surface area contributed by atoms with Gasteiger partial charge in [-0.1, -0.05) is 32.0 Å². The Labute approximate surface area is 216 Å². The number of rotatable bonds is 11. The molecule has 1 aromatic carbocycles. The number of aliphatic hydroxyl groups is 2. The molecule has 0 spiro atoms. The lowest BCUT2D eigenvalue weighted by molar-refractivity contribution is -0.152. The predicted octanol–water partition coefficient (Wildman–Crippen LogP) is 0.643. The summed E-state index contributed by atoms with van der Waals surface area (Å²) in [7, 11) is -4.45. The number of nitriles is 1. The number of benzene rings is 1. The molecule has 5 atom stereocenters. The second kappa shape index (κ2) is 11.6. The van der Waals surface area contributed by atoms with E-state index in [2.05, 4.69) is 0 Å². The van der Waals surface area contributed by atoms with Crippen LogP contribution in [0.1, 0.15) is 20.8 Å². The summed E-state index contributed by atoms with van der Waals surface area (Å²) in [5.41, 5.74) is -6.72. The molecule has 0 aliphatic carbocycles. The van der Waals surface area contributed by atoms with Crippen LogP contribution in [0.15, 0.2) is 52.2 Å². The highest BCUT2D eigenvalue weighted by molar-refractivity contribution is 7.48. The maximum absolute atomic E-state index is 13.4. The van der Waals surface area contributed by atoms with Crippen LogP contribution in [-0.4, -0.2) is 63.4 Å². The number of aromatic amines is 1. The van der Waals surface area contributed by atoms with Gasteiger partial charge in [0.15, 0.2) is 5.60 Å². The molecule has 1 saturated heterocycles. The molecule has 0 radical (unpaired) electrons. The molecule has 15 heteroatoms. The molecular formula is C23H28N3O11P. The van der Waals surface area contributed by atoms with Gasteiger partial charge in [-0.3, -0.25) is 28.2 Å². The van der Waals surface area contributed by atoms with Gasteiger partial charge in [0, 0.05) is 12.3 Å². The molecule has 206 valence electrons. The molecular weight excluding hydrogens is 525 g/mol. The number of aromatic nitrogens is 2. The van der Waals surface area contributed by atoms with Gasteiger partial charge in [0.25, 0.3) is 11.3 Å². The SMILES string of the molecule is CC(C)C(=O)OCCOP(=O)(OC[C@H]1O[C@@](C#N)(n2ccc(=O)[nH]c2=O)[C@](C)(O)[C@@H]1O)Oc1ccccc1. The zero-order valence-electron chi connectivity index (χ0n) is 20.8. The Kier molecular flexibility index (Phi) is 8.94. The monoisotopic (exact) mass is 553 g/mol. The van der Waals surface area contributed by atoms with Crippen LogP contribution in [-0.2, 0) is 33.6 Å².